The predicted octanol–water partition coefficient (Wildman–Crippen LogP) is 23.1. The predicted molar refractivity (Wildman–Crippen MR) is 402 cm³/mol. The van der Waals surface area contributed by atoms with Crippen molar-refractivity contribution in [2.24, 2.45) is 0 Å². The summed E-state index contributed by atoms with van der Waals surface area (Å²) in [5.41, 5.74) is 24.1. The van der Waals surface area contributed by atoms with E-state index < -0.39 is 0 Å². The molecule has 0 saturated heterocycles. The number of furan rings is 2. The van der Waals surface area contributed by atoms with Crippen LogP contribution in [0.15, 0.2) is 306 Å². The molecule has 0 atom stereocenters. The minimum atomic E-state index is -0.260. The molecule has 454 valence electrons. The number of para-hydroxylation sites is 3. The van der Waals surface area contributed by atoms with Crippen molar-refractivity contribution in [2.75, 3.05) is 19.6 Å². The van der Waals surface area contributed by atoms with Crippen LogP contribution in [0.4, 0.5) is 68.2 Å². The first-order chi connectivity index (χ1) is 46.3. The maximum atomic E-state index is 7.02. The van der Waals surface area contributed by atoms with Crippen LogP contribution in [0.3, 0.4) is 0 Å². The van der Waals surface area contributed by atoms with Crippen molar-refractivity contribution in [3.05, 3.63) is 308 Å². The van der Waals surface area contributed by atoms with E-state index in [1.165, 1.54) is 43.6 Å². The molecule has 2 aromatic heterocycles. The van der Waals surface area contributed by atoms with Gasteiger partial charge in [-0.2, -0.15) is 0 Å². The van der Waals surface area contributed by atoms with Crippen LogP contribution in [0, 0.1) is 0 Å². The highest BCUT2D eigenvalue weighted by Gasteiger charge is 2.45. The van der Waals surface area contributed by atoms with Crippen LogP contribution in [-0.2, 0) is 10.8 Å². The Labute approximate surface area is 553 Å². The number of rotatable bonds is 9. The van der Waals surface area contributed by atoms with Gasteiger partial charge in [0, 0.05) is 78.4 Å². The lowest BCUT2D eigenvalue weighted by atomic mass is 9.33. The standard InChI is InChI=1S/C88H67BN4O2/c1-87(2,3)62-36-42-64(43-37-62)92-78-51-69(91(66-27-18-26-61(48-66)56-20-8-7-9-21-56)77-31-19-30-73-71-28-14-17-33-83(71)95-86(73)77)46-47-75(78)89-76-55-84-74(72-29-15-16-32-82(72)94-84)54-79(76)93(65-44-38-63(39-45-65)88(4,5)6)81-53-70(52-80(92)85(81)89)90(67-40-34-57-22-10-12-24-59(57)49-67)68-41-35-58-23-11-13-25-60(58)50-68/h7-55H,1-6H3. The summed E-state index contributed by atoms with van der Waals surface area (Å²) in [5.74, 6) is 0. The molecular formula is C88H67BN4O2. The lowest BCUT2D eigenvalue weighted by molar-refractivity contribution is 0.590. The van der Waals surface area contributed by atoms with Crippen molar-refractivity contribution in [3.8, 4) is 11.1 Å². The molecule has 7 heteroatoms. The molecule has 2 aliphatic rings. The first-order valence-electron chi connectivity index (χ1n) is 33.1. The van der Waals surface area contributed by atoms with Crippen LogP contribution in [0.5, 0.6) is 0 Å². The van der Waals surface area contributed by atoms with Gasteiger partial charge in [0.1, 0.15) is 16.7 Å². The van der Waals surface area contributed by atoms with E-state index in [-0.39, 0.29) is 17.5 Å². The molecule has 0 unspecified atom stereocenters. The molecule has 0 bridgehead atoms. The number of hydrogen-bond donors (Lipinski definition) is 0. The summed E-state index contributed by atoms with van der Waals surface area (Å²) in [6, 6.07) is 110. The Bertz CT molecular complexity index is 5660. The van der Waals surface area contributed by atoms with E-state index in [0.29, 0.717) is 0 Å². The molecule has 18 rings (SSSR count). The van der Waals surface area contributed by atoms with Gasteiger partial charge < -0.3 is 28.4 Å². The van der Waals surface area contributed by atoms with Crippen molar-refractivity contribution in [3.63, 3.8) is 0 Å². The number of hydrogen-bond acceptors (Lipinski definition) is 6. The third kappa shape index (κ3) is 9.31. The van der Waals surface area contributed by atoms with Gasteiger partial charge in [-0.15, -0.1) is 0 Å². The Morgan fingerprint density at radius 1 is 0.305 bits per heavy atom. The molecular weight excluding hydrogens is 1160 g/mol. The quantitative estimate of drug-likeness (QED) is 0.134. The van der Waals surface area contributed by atoms with Crippen molar-refractivity contribution in [2.45, 2.75) is 52.4 Å². The molecule has 6 nitrogen and oxygen atoms in total. The molecule has 0 amide bonds. The largest absolute Gasteiger partial charge is 0.456 e. The smallest absolute Gasteiger partial charge is 0.252 e. The van der Waals surface area contributed by atoms with Gasteiger partial charge in [-0.3, -0.25) is 0 Å². The molecule has 95 heavy (non-hydrogen) atoms. The summed E-state index contributed by atoms with van der Waals surface area (Å²) in [4.78, 5) is 10.0. The molecule has 0 radical (unpaired) electrons. The van der Waals surface area contributed by atoms with Crippen molar-refractivity contribution in [1.82, 2.24) is 0 Å². The van der Waals surface area contributed by atoms with E-state index in [0.717, 1.165) is 129 Å². The number of nitrogens with zero attached hydrogens (tertiary/aromatic N) is 4. The lowest BCUT2D eigenvalue weighted by Gasteiger charge is -2.45. The molecule has 14 aromatic carbocycles. The first-order valence-corrected chi connectivity index (χ1v) is 33.1. The highest BCUT2D eigenvalue weighted by molar-refractivity contribution is 7.00. The monoisotopic (exact) mass is 1220 g/mol. The number of fused-ring (bicyclic) bond motifs is 12. The van der Waals surface area contributed by atoms with E-state index in [1.807, 2.05) is 0 Å². The van der Waals surface area contributed by atoms with E-state index in [9.17, 15) is 0 Å². The Kier molecular flexibility index (Phi) is 12.7. The third-order valence-corrected chi connectivity index (χ3v) is 19.9. The van der Waals surface area contributed by atoms with Crippen LogP contribution >= 0.6 is 0 Å². The fourth-order valence-electron chi connectivity index (χ4n) is 15.1. The summed E-state index contributed by atoms with van der Waals surface area (Å²) in [7, 11) is 0. The molecule has 0 N–H and O–H groups in total. The number of benzene rings is 14. The fraction of sp³-hybridized carbons (Fsp3) is 0.0909. The lowest BCUT2D eigenvalue weighted by Crippen LogP contribution is -2.61. The van der Waals surface area contributed by atoms with Gasteiger partial charge in [-0.05, 0) is 186 Å². The Hall–Kier alpha value is -11.5. The van der Waals surface area contributed by atoms with Crippen LogP contribution in [0.1, 0.15) is 52.7 Å². The van der Waals surface area contributed by atoms with Crippen LogP contribution < -0.4 is 36.0 Å². The SMILES string of the molecule is CC(C)(C)c1ccc(N2c3cc(N(c4cccc(-c5ccccc5)c4)c4cccc5c4oc4ccccc45)ccc3B3c4cc5oc6ccccc6c5cc4N(c4ccc(C(C)(C)C)cc4)c4cc(N(c5ccc6ccccc6c5)c5ccc6ccccc6c5)cc2c43)cc1. The van der Waals surface area contributed by atoms with Gasteiger partial charge in [-0.1, -0.05) is 224 Å². The van der Waals surface area contributed by atoms with E-state index in [4.69, 9.17) is 8.83 Å². The zero-order valence-corrected chi connectivity index (χ0v) is 54.0. The van der Waals surface area contributed by atoms with E-state index in [2.05, 4.69) is 358 Å². The van der Waals surface area contributed by atoms with Gasteiger partial charge in [0.05, 0.1) is 11.4 Å². The fourth-order valence-corrected chi connectivity index (χ4v) is 15.1. The van der Waals surface area contributed by atoms with Crippen LogP contribution in [0.25, 0.3) is 76.5 Å². The second-order valence-corrected chi connectivity index (χ2v) is 27.7. The van der Waals surface area contributed by atoms with Crippen molar-refractivity contribution < 1.29 is 8.83 Å². The zero-order valence-electron chi connectivity index (χ0n) is 54.0. The van der Waals surface area contributed by atoms with E-state index in [1.54, 1.807) is 0 Å². The van der Waals surface area contributed by atoms with Crippen molar-refractivity contribution in [1.29, 1.82) is 0 Å². The van der Waals surface area contributed by atoms with Gasteiger partial charge in [0.2, 0.25) is 0 Å². The van der Waals surface area contributed by atoms with E-state index >= 15 is 0 Å². The highest BCUT2D eigenvalue weighted by Crippen LogP contribution is 2.52. The summed E-state index contributed by atoms with van der Waals surface area (Å²) >= 11 is 0. The minimum Gasteiger partial charge on any atom is -0.456 e. The normalized spacial score (nSPS) is 12.9. The molecule has 0 fully saturated rings. The zero-order chi connectivity index (χ0) is 63.8. The topological polar surface area (TPSA) is 39.2 Å². The van der Waals surface area contributed by atoms with Crippen LogP contribution in [-0.4, -0.2) is 6.71 Å². The summed E-state index contributed by atoms with van der Waals surface area (Å²) < 4.78 is 14.0. The maximum Gasteiger partial charge on any atom is 0.252 e. The first kappa shape index (κ1) is 56.2. The highest BCUT2D eigenvalue weighted by atomic mass is 16.3. The average Bonchev–Trinajstić information content (AvgIpc) is 1.25. The minimum absolute atomic E-state index is 0.0605. The molecule has 0 spiro atoms. The summed E-state index contributed by atoms with van der Waals surface area (Å²) in [6.45, 7) is 13.5. The second-order valence-electron chi connectivity index (χ2n) is 27.7. The number of anilines is 12. The molecule has 0 saturated carbocycles. The van der Waals surface area contributed by atoms with Gasteiger partial charge in [0.15, 0.2) is 5.58 Å². The van der Waals surface area contributed by atoms with Gasteiger partial charge in [-0.25, -0.2) is 0 Å². The average molecular weight is 1220 g/mol. The third-order valence-electron chi connectivity index (χ3n) is 19.9. The van der Waals surface area contributed by atoms with Gasteiger partial charge in [0.25, 0.3) is 6.71 Å². The van der Waals surface area contributed by atoms with Gasteiger partial charge >= 0.3 is 0 Å². The molecule has 4 heterocycles. The Morgan fingerprint density at radius 2 is 0.789 bits per heavy atom. The molecule has 16 aromatic rings. The molecule has 2 aliphatic heterocycles. The van der Waals surface area contributed by atoms with Crippen molar-refractivity contribution >= 4 is 157 Å². The second kappa shape index (κ2) is 21.5. The van der Waals surface area contributed by atoms with Crippen LogP contribution in [0.2, 0.25) is 0 Å². The summed E-state index contributed by atoms with van der Waals surface area (Å²) in [6.07, 6.45) is 0. The maximum absolute atomic E-state index is 7.02. The Morgan fingerprint density at radius 3 is 1.41 bits per heavy atom. The Balaban J connectivity index is 0.965. The molecule has 0 aliphatic carbocycles. The summed E-state index contributed by atoms with van der Waals surface area (Å²) in [5, 5.41) is 9.01.